The van der Waals surface area contributed by atoms with Crippen LogP contribution >= 0.6 is 15.9 Å². The molecular formula is C11H12BrN3. The van der Waals surface area contributed by atoms with Crippen molar-refractivity contribution in [2.45, 2.75) is 6.42 Å². The summed E-state index contributed by atoms with van der Waals surface area (Å²) in [6.07, 6.45) is 4.65. The van der Waals surface area contributed by atoms with E-state index in [1.807, 2.05) is 19.3 Å². The van der Waals surface area contributed by atoms with E-state index in [0.717, 1.165) is 28.5 Å². The Bertz CT molecular complexity index is 470. The Balaban J connectivity index is 2.36. The molecule has 2 aromatic rings. The van der Waals surface area contributed by atoms with Crippen LogP contribution in [-0.2, 0) is 6.42 Å². The van der Waals surface area contributed by atoms with Crippen molar-refractivity contribution in [1.82, 2.24) is 15.3 Å². The van der Waals surface area contributed by atoms with Gasteiger partial charge in [0.15, 0.2) is 5.65 Å². The fraction of sp³-hybridized carbons (Fsp3) is 0.273. The number of nitrogens with one attached hydrogen (secondary N) is 1. The van der Waals surface area contributed by atoms with Crippen molar-refractivity contribution in [3.63, 3.8) is 0 Å². The Hall–Kier alpha value is -1.00. The predicted molar refractivity (Wildman–Crippen MR) is 64.9 cm³/mol. The second-order valence-corrected chi connectivity index (χ2v) is 4.31. The van der Waals surface area contributed by atoms with Crippen LogP contribution in [0.1, 0.15) is 5.56 Å². The lowest BCUT2D eigenvalue weighted by Gasteiger charge is -2.02. The van der Waals surface area contributed by atoms with Crippen LogP contribution in [0.2, 0.25) is 0 Å². The molecule has 15 heavy (non-hydrogen) atoms. The van der Waals surface area contributed by atoms with E-state index in [4.69, 9.17) is 0 Å². The highest BCUT2D eigenvalue weighted by atomic mass is 79.9. The third-order valence-corrected chi connectivity index (χ3v) is 2.65. The maximum absolute atomic E-state index is 4.32. The van der Waals surface area contributed by atoms with Gasteiger partial charge in [-0.3, -0.25) is 0 Å². The van der Waals surface area contributed by atoms with Gasteiger partial charge in [-0.05, 0) is 53.6 Å². The quantitative estimate of drug-likeness (QED) is 0.925. The van der Waals surface area contributed by atoms with Gasteiger partial charge >= 0.3 is 0 Å². The van der Waals surface area contributed by atoms with Gasteiger partial charge in [0.1, 0.15) is 0 Å². The Morgan fingerprint density at radius 2 is 2.07 bits per heavy atom. The smallest absolute Gasteiger partial charge is 0.159 e. The van der Waals surface area contributed by atoms with E-state index >= 15 is 0 Å². The van der Waals surface area contributed by atoms with Crippen molar-refractivity contribution in [2.75, 3.05) is 13.6 Å². The molecule has 0 amide bonds. The highest BCUT2D eigenvalue weighted by Crippen LogP contribution is 2.16. The number of fused-ring (bicyclic) bond motifs is 1. The molecule has 0 aliphatic heterocycles. The Labute approximate surface area is 97.1 Å². The highest BCUT2D eigenvalue weighted by Gasteiger charge is 1.99. The van der Waals surface area contributed by atoms with Crippen LogP contribution in [0.5, 0.6) is 0 Å². The third-order valence-electron chi connectivity index (χ3n) is 2.22. The predicted octanol–water partition coefficient (Wildman–Crippen LogP) is 2.15. The van der Waals surface area contributed by atoms with Crippen LogP contribution in [0.15, 0.2) is 29.0 Å². The fourth-order valence-corrected chi connectivity index (χ4v) is 1.80. The molecule has 0 aliphatic rings. The Morgan fingerprint density at radius 1 is 1.27 bits per heavy atom. The largest absolute Gasteiger partial charge is 0.319 e. The monoisotopic (exact) mass is 265 g/mol. The average Bonchev–Trinajstić information content (AvgIpc) is 2.25. The number of aromatic nitrogens is 2. The highest BCUT2D eigenvalue weighted by molar-refractivity contribution is 9.10. The lowest BCUT2D eigenvalue weighted by Crippen LogP contribution is -2.10. The normalized spacial score (nSPS) is 10.8. The summed E-state index contributed by atoms with van der Waals surface area (Å²) in [7, 11) is 1.95. The van der Waals surface area contributed by atoms with Crippen molar-refractivity contribution in [3.05, 3.63) is 34.6 Å². The summed E-state index contributed by atoms with van der Waals surface area (Å²) >= 11 is 3.41. The zero-order valence-electron chi connectivity index (χ0n) is 8.50. The van der Waals surface area contributed by atoms with Crippen molar-refractivity contribution in [2.24, 2.45) is 0 Å². The maximum Gasteiger partial charge on any atom is 0.159 e. The molecule has 4 heteroatoms. The van der Waals surface area contributed by atoms with Gasteiger partial charge in [0.05, 0.1) is 0 Å². The van der Waals surface area contributed by atoms with E-state index < -0.39 is 0 Å². The van der Waals surface area contributed by atoms with Crippen molar-refractivity contribution in [1.29, 1.82) is 0 Å². The number of likely N-dealkylation sites (N-methyl/N-ethyl adjacent to an activating group) is 1. The van der Waals surface area contributed by atoms with Gasteiger partial charge in [-0.15, -0.1) is 0 Å². The number of nitrogens with zero attached hydrogens (tertiary/aromatic N) is 2. The Kier molecular flexibility index (Phi) is 3.28. The molecule has 0 saturated carbocycles. The van der Waals surface area contributed by atoms with Gasteiger partial charge in [0, 0.05) is 22.3 Å². The van der Waals surface area contributed by atoms with Crippen LogP contribution < -0.4 is 5.32 Å². The van der Waals surface area contributed by atoms with Crippen molar-refractivity contribution < 1.29 is 0 Å². The van der Waals surface area contributed by atoms with Gasteiger partial charge < -0.3 is 5.32 Å². The van der Waals surface area contributed by atoms with E-state index in [9.17, 15) is 0 Å². The maximum atomic E-state index is 4.32. The lowest BCUT2D eigenvalue weighted by molar-refractivity contribution is 0.790. The molecule has 0 aromatic carbocycles. The second-order valence-electron chi connectivity index (χ2n) is 3.40. The summed E-state index contributed by atoms with van der Waals surface area (Å²) < 4.78 is 0.988. The lowest BCUT2D eigenvalue weighted by atomic mass is 10.1. The number of hydrogen-bond acceptors (Lipinski definition) is 3. The molecule has 2 aromatic heterocycles. The molecule has 0 bridgehead atoms. The molecule has 2 rings (SSSR count). The van der Waals surface area contributed by atoms with E-state index in [0.29, 0.717) is 0 Å². The van der Waals surface area contributed by atoms with Crippen LogP contribution in [-0.4, -0.2) is 23.6 Å². The number of halogens is 1. The van der Waals surface area contributed by atoms with Crippen LogP contribution in [0.25, 0.3) is 11.0 Å². The fourth-order valence-electron chi connectivity index (χ4n) is 1.45. The van der Waals surface area contributed by atoms with Gasteiger partial charge in [-0.25, -0.2) is 9.97 Å². The summed E-state index contributed by atoms with van der Waals surface area (Å²) in [6, 6.07) is 4.18. The van der Waals surface area contributed by atoms with Crippen LogP contribution in [0, 0.1) is 0 Å². The molecule has 3 nitrogen and oxygen atoms in total. The van der Waals surface area contributed by atoms with E-state index in [1.165, 1.54) is 5.56 Å². The summed E-state index contributed by atoms with van der Waals surface area (Å²) in [5.41, 5.74) is 2.03. The zero-order chi connectivity index (χ0) is 10.7. The summed E-state index contributed by atoms with van der Waals surface area (Å²) in [6.45, 7) is 0.967. The van der Waals surface area contributed by atoms with Crippen LogP contribution in [0.3, 0.4) is 0 Å². The first-order chi connectivity index (χ1) is 7.29. The topological polar surface area (TPSA) is 37.8 Å². The van der Waals surface area contributed by atoms with E-state index in [-0.39, 0.29) is 0 Å². The minimum absolute atomic E-state index is 0.798. The second kappa shape index (κ2) is 4.68. The molecule has 0 atom stereocenters. The molecular weight excluding hydrogens is 254 g/mol. The molecule has 0 aliphatic carbocycles. The molecule has 0 saturated heterocycles. The number of rotatable bonds is 3. The minimum Gasteiger partial charge on any atom is -0.319 e. The van der Waals surface area contributed by atoms with Gasteiger partial charge in [0.25, 0.3) is 0 Å². The molecule has 0 fully saturated rings. The molecule has 0 unspecified atom stereocenters. The standard InChI is InChI=1S/C11H12BrN3/c1-13-3-2-8-4-9-5-10(12)7-15-11(9)14-6-8/h4-7,13H,2-3H2,1H3. The first-order valence-electron chi connectivity index (χ1n) is 4.84. The first-order valence-corrected chi connectivity index (χ1v) is 5.63. The van der Waals surface area contributed by atoms with Crippen LogP contribution in [0.4, 0.5) is 0 Å². The molecule has 2 heterocycles. The molecule has 0 spiro atoms. The van der Waals surface area contributed by atoms with Gasteiger partial charge in [-0.1, -0.05) is 0 Å². The molecule has 1 N–H and O–H groups in total. The average molecular weight is 266 g/mol. The summed E-state index contributed by atoms with van der Waals surface area (Å²) in [5, 5.41) is 4.20. The summed E-state index contributed by atoms with van der Waals surface area (Å²) in [4.78, 5) is 8.54. The van der Waals surface area contributed by atoms with Crippen molar-refractivity contribution in [3.8, 4) is 0 Å². The molecule has 78 valence electrons. The summed E-state index contributed by atoms with van der Waals surface area (Å²) in [5.74, 6) is 0. The number of pyridine rings is 2. The third kappa shape index (κ3) is 2.52. The van der Waals surface area contributed by atoms with E-state index in [2.05, 4.69) is 37.3 Å². The molecule has 0 radical (unpaired) electrons. The first kappa shape index (κ1) is 10.5. The number of hydrogen-bond donors (Lipinski definition) is 1. The van der Waals surface area contributed by atoms with Gasteiger partial charge in [0.2, 0.25) is 0 Å². The zero-order valence-corrected chi connectivity index (χ0v) is 10.1. The van der Waals surface area contributed by atoms with Crippen molar-refractivity contribution >= 4 is 27.0 Å². The van der Waals surface area contributed by atoms with E-state index in [1.54, 1.807) is 6.20 Å². The minimum atomic E-state index is 0.798. The van der Waals surface area contributed by atoms with Gasteiger partial charge in [-0.2, -0.15) is 0 Å². The Morgan fingerprint density at radius 3 is 2.87 bits per heavy atom. The SMILES string of the molecule is CNCCc1cnc2ncc(Br)cc2c1.